The number of rotatable bonds is 3. The summed E-state index contributed by atoms with van der Waals surface area (Å²) < 4.78 is 44.7. The Labute approximate surface area is 95.6 Å². The lowest BCUT2D eigenvalue weighted by Crippen LogP contribution is -2.33. The van der Waals surface area contributed by atoms with Crippen molar-refractivity contribution in [3.63, 3.8) is 0 Å². The summed E-state index contributed by atoms with van der Waals surface area (Å²) in [6.07, 6.45) is 1.37. The van der Waals surface area contributed by atoms with Gasteiger partial charge in [0.25, 0.3) is 0 Å². The molecular weight excluding hydrogens is 235 g/mol. The largest absolute Gasteiger partial charge is 0.391 e. The van der Waals surface area contributed by atoms with Gasteiger partial charge in [-0.05, 0) is 17.9 Å². The quantitative estimate of drug-likeness (QED) is 0.566. The van der Waals surface area contributed by atoms with Crippen molar-refractivity contribution in [2.24, 2.45) is 5.92 Å². The Balaban J connectivity index is 2.73. The van der Waals surface area contributed by atoms with Crippen LogP contribution in [0.25, 0.3) is 0 Å². The van der Waals surface area contributed by atoms with E-state index < -0.39 is 22.4 Å². The van der Waals surface area contributed by atoms with Crippen LogP contribution in [0.2, 0.25) is 0 Å². The molecule has 1 saturated carbocycles. The van der Waals surface area contributed by atoms with Crippen LogP contribution in [0.3, 0.4) is 0 Å². The summed E-state index contributed by atoms with van der Waals surface area (Å²) in [7, 11) is -2.05. The van der Waals surface area contributed by atoms with E-state index in [9.17, 15) is 12.8 Å². The molecule has 0 heterocycles. The molecule has 1 rings (SSSR count). The Bertz CT molecular complexity index is 363. The zero-order valence-electron chi connectivity index (χ0n) is 9.64. The van der Waals surface area contributed by atoms with Gasteiger partial charge in [0.1, 0.15) is 12.4 Å². The lowest BCUT2D eigenvalue weighted by Gasteiger charge is -2.30. The molecule has 0 spiro atoms. The smallest absolute Gasteiger partial charge is 0.305 e. The SMILES string of the molecule is COC1C/C(=C/OS(C)(=O)=O)C(C)CC1F. The fourth-order valence-electron chi connectivity index (χ4n) is 1.75. The van der Waals surface area contributed by atoms with Crippen LogP contribution in [-0.2, 0) is 19.0 Å². The molecule has 0 radical (unpaired) electrons. The topological polar surface area (TPSA) is 52.6 Å². The van der Waals surface area contributed by atoms with E-state index >= 15 is 0 Å². The number of halogens is 1. The van der Waals surface area contributed by atoms with Crippen molar-refractivity contribution in [1.29, 1.82) is 0 Å². The van der Waals surface area contributed by atoms with Gasteiger partial charge in [-0.15, -0.1) is 0 Å². The molecule has 0 N–H and O–H groups in total. The number of hydrogen-bond acceptors (Lipinski definition) is 4. The van der Waals surface area contributed by atoms with Gasteiger partial charge in [0.05, 0.1) is 12.4 Å². The first-order valence-corrected chi connectivity index (χ1v) is 6.89. The molecule has 0 aromatic heterocycles. The first kappa shape index (κ1) is 13.4. The summed E-state index contributed by atoms with van der Waals surface area (Å²) in [6, 6.07) is 0. The van der Waals surface area contributed by atoms with Crippen LogP contribution in [-0.4, -0.2) is 34.1 Å². The Morgan fingerprint density at radius 3 is 2.62 bits per heavy atom. The molecule has 94 valence electrons. The van der Waals surface area contributed by atoms with Crippen molar-refractivity contribution in [2.45, 2.75) is 32.0 Å². The van der Waals surface area contributed by atoms with Gasteiger partial charge >= 0.3 is 10.1 Å². The molecule has 4 nitrogen and oxygen atoms in total. The van der Waals surface area contributed by atoms with Gasteiger partial charge < -0.3 is 8.92 Å². The van der Waals surface area contributed by atoms with Gasteiger partial charge in [0, 0.05) is 13.5 Å². The van der Waals surface area contributed by atoms with Gasteiger partial charge in [-0.25, -0.2) is 4.39 Å². The molecule has 6 heteroatoms. The van der Waals surface area contributed by atoms with E-state index in [2.05, 4.69) is 4.18 Å². The highest BCUT2D eigenvalue weighted by molar-refractivity contribution is 7.86. The van der Waals surface area contributed by atoms with Gasteiger partial charge in [-0.2, -0.15) is 8.42 Å². The Hall–Kier alpha value is -0.620. The maximum atomic E-state index is 13.4. The minimum Gasteiger partial charge on any atom is -0.391 e. The number of alkyl halides is 1. The zero-order valence-corrected chi connectivity index (χ0v) is 10.5. The van der Waals surface area contributed by atoms with E-state index in [1.54, 1.807) is 0 Å². The van der Waals surface area contributed by atoms with Crippen molar-refractivity contribution in [2.75, 3.05) is 13.4 Å². The monoisotopic (exact) mass is 252 g/mol. The fourth-order valence-corrected chi connectivity index (χ4v) is 2.05. The molecule has 1 aliphatic carbocycles. The minimum atomic E-state index is -3.50. The summed E-state index contributed by atoms with van der Waals surface area (Å²) in [5, 5.41) is 0. The van der Waals surface area contributed by atoms with Crippen LogP contribution in [0.1, 0.15) is 19.8 Å². The molecule has 0 aromatic carbocycles. The predicted octanol–water partition coefficient (Wildman–Crippen LogP) is 1.63. The van der Waals surface area contributed by atoms with Gasteiger partial charge in [-0.1, -0.05) is 6.92 Å². The van der Waals surface area contributed by atoms with Crippen molar-refractivity contribution in [3.05, 3.63) is 11.8 Å². The normalized spacial score (nSPS) is 34.0. The second-order valence-electron chi connectivity index (χ2n) is 4.12. The summed E-state index contributed by atoms with van der Waals surface area (Å²) in [5.74, 6) is -0.0249. The molecule has 0 amide bonds. The second kappa shape index (κ2) is 5.14. The first-order chi connectivity index (χ1) is 7.33. The highest BCUT2D eigenvalue weighted by Crippen LogP contribution is 2.32. The van der Waals surface area contributed by atoms with Crippen LogP contribution in [0.15, 0.2) is 11.8 Å². The van der Waals surface area contributed by atoms with Crippen LogP contribution in [0, 0.1) is 5.92 Å². The van der Waals surface area contributed by atoms with Crippen molar-refractivity contribution < 1.29 is 21.7 Å². The molecule has 1 fully saturated rings. The molecule has 16 heavy (non-hydrogen) atoms. The molecule has 0 saturated heterocycles. The average Bonchev–Trinajstić information content (AvgIpc) is 2.15. The van der Waals surface area contributed by atoms with Gasteiger partial charge in [-0.3, -0.25) is 0 Å². The van der Waals surface area contributed by atoms with Crippen LogP contribution in [0.5, 0.6) is 0 Å². The summed E-state index contributed by atoms with van der Waals surface area (Å²) in [4.78, 5) is 0. The number of hydrogen-bond donors (Lipinski definition) is 0. The van der Waals surface area contributed by atoms with Crippen molar-refractivity contribution >= 4 is 10.1 Å². The maximum absolute atomic E-state index is 13.4. The molecule has 3 unspecified atom stereocenters. The predicted molar refractivity (Wildman–Crippen MR) is 58.1 cm³/mol. The van der Waals surface area contributed by atoms with Gasteiger partial charge in [0.15, 0.2) is 0 Å². The van der Waals surface area contributed by atoms with E-state index in [0.29, 0.717) is 12.8 Å². The van der Waals surface area contributed by atoms with Crippen LogP contribution >= 0.6 is 0 Å². The Morgan fingerprint density at radius 2 is 2.12 bits per heavy atom. The van der Waals surface area contributed by atoms with Crippen molar-refractivity contribution in [1.82, 2.24) is 0 Å². The lowest BCUT2D eigenvalue weighted by atomic mass is 9.83. The third kappa shape index (κ3) is 3.75. The van der Waals surface area contributed by atoms with E-state index in [0.717, 1.165) is 11.8 Å². The summed E-state index contributed by atoms with van der Waals surface area (Å²) in [6.45, 7) is 1.84. The molecule has 1 aliphatic rings. The average molecular weight is 252 g/mol. The van der Waals surface area contributed by atoms with E-state index in [1.807, 2.05) is 6.92 Å². The first-order valence-electron chi connectivity index (χ1n) is 5.07. The molecule has 0 aromatic rings. The molecular formula is C10H17FO4S. The van der Waals surface area contributed by atoms with E-state index in [-0.39, 0.29) is 5.92 Å². The highest BCUT2D eigenvalue weighted by Gasteiger charge is 2.32. The molecule has 3 atom stereocenters. The van der Waals surface area contributed by atoms with Crippen LogP contribution < -0.4 is 0 Å². The van der Waals surface area contributed by atoms with Gasteiger partial charge in [0.2, 0.25) is 0 Å². The standard InChI is InChI=1S/C10H17FO4S/c1-7-4-9(11)10(14-2)5-8(7)6-15-16(3,12)13/h6-7,9-10H,4-5H2,1-3H3/b8-6-. The van der Waals surface area contributed by atoms with E-state index in [1.165, 1.54) is 13.4 Å². The Morgan fingerprint density at radius 1 is 1.50 bits per heavy atom. The number of methoxy groups -OCH3 is 1. The maximum Gasteiger partial charge on any atom is 0.305 e. The zero-order chi connectivity index (χ0) is 12.3. The summed E-state index contributed by atoms with van der Waals surface area (Å²) in [5.41, 5.74) is 0.770. The molecule has 0 bridgehead atoms. The summed E-state index contributed by atoms with van der Waals surface area (Å²) >= 11 is 0. The third-order valence-electron chi connectivity index (χ3n) is 2.73. The molecule has 0 aliphatic heterocycles. The number of ether oxygens (including phenoxy) is 1. The van der Waals surface area contributed by atoms with E-state index in [4.69, 9.17) is 4.74 Å². The highest BCUT2D eigenvalue weighted by atomic mass is 32.2. The van der Waals surface area contributed by atoms with Crippen molar-refractivity contribution in [3.8, 4) is 0 Å². The fraction of sp³-hybridized carbons (Fsp3) is 0.800. The second-order valence-corrected chi connectivity index (χ2v) is 5.72. The lowest BCUT2D eigenvalue weighted by molar-refractivity contribution is 0.00948. The third-order valence-corrected chi connectivity index (χ3v) is 3.17. The van der Waals surface area contributed by atoms with Crippen LogP contribution in [0.4, 0.5) is 4.39 Å². The minimum absolute atomic E-state index is 0.0249. The Kier molecular flexibility index (Phi) is 4.32.